The first-order valence-corrected chi connectivity index (χ1v) is 9.11. The monoisotopic (exact) mass is 334 g/mol. The fraction of sp³-hybridized carbons (Fsp3) is 0.316. The van der Waals surface area contributed by atoms with Crippen molar-refractivity contribution in [3.63, 3.8) is 0 Å². The molecule has 5 heteroatoms. The molecular formula is C19H18N4S. The third-order valence-corrected chi connectivity index (χ3v) is 5.83. The minimum absolute atomic E-state index is 0.788. The third-order valence-electron chi connectivity index (χ3n) is 4.56. The van der Waals surface area contributed by atoms with Gasteiger partial charge >= 0.3 is 0 Å². The van der Waals surface area contributed by atoms with Crippen molar-refractivity contribution in [3.05, 3.63) is 52.2 Å². The summed E-state index contributed by atoms with van der Waals surface area (Å²) in [7, 11) is 0. The summed E-state index contributed by atoms with van der Waals surface area (Å²) in [5.74, 6) is 0.794. The van der Waals surface area contributed by atoms with E-state index >= 15 is 0 Å². The molecule has 0 aliphatic heterocycles. The van der Waals surface area contributed by atoms with Crippen LogP contribution in [-0.4, -0.2) is 14.8 Å². The molecule has 1 aliphatic carbocycles. The van der Waals surface area contributed by atoms with Crippen LogP contribution < -0.4 is 0 Å². The summed E-state index contributed by atoms with van der Waals surface area (Å²) >= 11 is 1.71. The molecule has 4 nitrogen and oxygen atoms in total. The highest BCUT2D eigenvalue weighted by Gasteiger charge is 2.23. The lowest BCUT2D eigenvalue weighted by Gasteiger charge is -2.05. The van der Waals surface area contributed by atoms with Crippen LogP contribution in [0.3, 0.4) is 0 Å². The molecule has 0 unspecified atom stereocenters. The highest BCUT2D eigenvalue weighted by molar-refractivity contribution is 7.15. The highest BCUT2D eigenvalue weighted by atomic mass is 32.1. The summed E-state index contributed by atoms with van der Waals surface area (Å²) in [6.07, 6.45) is 7.27. The van der Waals surface area contributed by atoms with E-state index in [0.717, 1.165) is 34.8 Å². The first-order chi connectivity index (χ1) is 11.8. The van der Waals surface area contributed by atoms with Crippen molar-refractivity contribution in [3.8, 4) is 22.5 Å². The zero-order valence-corrected chi connectivity index (χ0v) is 14.4. The molecule has 0 spiro atoms. The van der Waals surface area contributed by atoms with E-state index in [1.165, 1.54) is 35.3 Å². The van der Waals surface area contributed by atoms with Crippen molar-refractivity contribution in [2.75, 3.05) is 0 Å². The number of aryl methyl sites for hydroxylation is 2. The average molecular weight is 334 g/mol. The van der Waals surface area contributed by atoms with Crippen molar-refractivity contribution in [2.45, 2.75) is 39.0 Å². The largest absolute Gasteiger partial charge is 0.215 e. The first kappa shape index (κ1) is 15.1. The van der Waals surface area contributed by atoms with Crippen LogP contribution in [-0.2, 0) is 12.8 Å². The van der Waals surface area contributed by atoms with Gasteiger partial charge in [-0.15, -0.1) is 11.3 Å². The van der Waals surface area contributed by atoms with E-state index in [1.807, 2.05) is 4.68 Å². The van der Waals surface area contributed by atoms with Crippen molar-refractivity contribution < 1.29 is 0 Å². The second-order valence-corrected chi connectivity index (χ2v) is 7.30. The lowest BCUT2D eigenvalue weighted by Crippen LogP contribution is -2.00. The molecule has 120 valence electrons. The molecule has 1 aliphatic rings. The van der Waals surface area contributed by atoms with E-state index in [-0.39, 0.29) is 0 Å². The fourth-order valence-corrected chi connectivity index (χ4v) is 4.58. The first-order valence-electron chi connectivity index (χ1n) is 8.30. The molecule has 3 aromatic rings. The molecule has 24 heavy (non-hydrogen) atoms. The lowest BCUT2D eigenvalue weighted by molar-refractivity contribution is 0.712. The topological polar surface area (TPSA) is 54.5 Å². The summed E-state index contributed by atoms with van der Waals surface area (Å²) < 4.78 is 1.84. The van der Waals surface area contributed by atoms with E-state index < -0.39 is 0 Å². The van der Waals surface area contributed by atoms with Crippen molar-refractivity contribution >= 4 is 11.3 Å². The number of aromatic nitrogens is 3. The lowest BCUT2D eigenvalue weighted by atomic mass is 10.1. The van der Waals surface area contributed by atoms with E-state index in [9.17, 15) is 5.26 Å². The minimum atomic E-state index is 0.788. The number of thiophene rings is 1. The minimum Gasteiger partial charge on any atom is -0.215 e. The Hall–Kier alpha value is -2.45. The number of hydrogen-bond acceptors (Lipinski definition) is 4. The van der Waals surface area contributed by atoms with Crippen molar-refractivity contribution in [1.82, 2.24) is 14.8 Å². The molecular weight excluding hydrogens is 316 g/mol. The maximum atomic E-state index is 9.75. The highest BCUT2D eigenvalue weighted by Crippen LogP contribution is 2.36. The van der Waals surface area contributed by atoms with Gasteiger partial charge in [0.15, 0.2) is 5.82 Å². The summed E-state index contributed by atoms with van der Waals surface area (Å²) in [6, 6.07) is 10.7. The molecule has 0 amide bonds. The normalized spacial score (nSPS) is 14.0. The molecule has 0 N–H and O–H groups in total. The summed E-state index contributed by atoms with van der Waals surface area (Å²) in [5, 5.41) is 15.1. The van der Waals surface area contributed by atoms with Gasteiger partial charge in [0, 0.05) is 10.4 Å². The van der Waals surface area contributed by atoms with Gasteiger partial charge in [0.25, 0.3) is 0 Å². The van der Waals surface area contributed by atoms with Gasteiger partial charge in [0.1, 0.15) is 17.4 Å². The molecule has 0 radical (unpaired) electrons. The Kier molecular flexibility index (Phi) is 3.91. The molecule has 0 atom stereocenters. The van der Waals surface area contributed by atoms with Crippen LogP contribution in [0.2, 0.25) is 0 Å². The standard InChI is InChI=1S/C19H18N4S/c1-13-7-9-14(10-8-13)18-21-12-22-23(18)19-16(11-20)15-5-3-2-4-6-17(15)24-19/h7-10,12H,2-6H2,1H3. The Morgan fingerprint density at radius 1 is 1.12 bits per heavy atom. The van der Waals surface area contributed by atoms with Crippen LogP contribution in [0, 0.1) is 18.3 Å². The van der Waals surface area contributed by atoms with Gasteiger partial charge in [-0.25, -0.2) is 9.67 Å². The van der Waals surface area contributed by atoms with E-state index in [4.69, 9.17) is 0 Å². The summed E-state index contributed by atoms with van der Waals surface area (Å²) in [5.41, 5.74) is 4.26. The maximum Gasteiger partial charge on any atom is 0.164 e. The predicted octanol–water partition coefficient (Wildman–Crippen LogP) is 4.44. The van der Waals surface area contributed by atoms with Crippen LogP contribution in [0.4, 0.5) is 0 Å². The van der Waals surface area contributed by atoms with E-state index in [1.54, 1.807) is 17.7 Å². The van der Waals surface area contributed by atoms with Crippen LogP contribution >= 0.6 is 11.3 Å². The molecule has 0 saturated carbocycles. The number of rotatable bonds is 2. The molecule has 1 aromatic carbocycles. The van der Waals surface area contributed by atoms with Crippen LogP contribution in [0.25, 0.3) is 16.4 Å². The molecule has 4 rings (SSSR count). The molecule has 0 fully saturated rings. The second kappa shape index (κ2) is 6.21. The third kappa shape index (κ3) is 2.53. The van der Waals surface area contributed by atoms with Crippen molar-refractivity contribution in [1.29, 1.82) is 5.26 Å². The number of hydrogen-bond donors (Lipinski definition) is 0. The predicted molar refractivity (Wildman–Crippen MR) is 95.4 cm³/mol. The van der Waals surface area contributed by atoms with Gasteiger partial charge in [0.05, 0.1) is 5.56 Å². The van der Waals surface area contributed by atoms with Crippen molar-refractivity contribution in [2.24, 2.45) is 0 Å². The number of nitriles is 1. The molecule has 0 bridgehead atoms. The molecule has 0 saturated heterocycles. The van der Waals surface area contributed by atoms with Gasteiger partial charge in [-0.2, -0.15) is 10.4 Å². The fourth-order valence-electron chi connectivity index (χ4n) is 3.28. The molecule has 2 heterocycles. The number of fused-ring (bicyclic) bond motifs is 1. The molecule has 2 aromatic heterocycles. The Labute approximate surface area is 145 Å². The number of benzene rings is 1. The van der Waals surface area contributed by atoms with E-state index in [2.05, 4.69) is 47.3 Å². The van der Waals surface area contributed by atoms with Gasteiger partial charge < -0.3 is 0 Å². The number of nitrogens with zero attached hydrogens (tertiary/aromatic N) is 4. The van der Waals surface area contributed by atoms with Gasteiger partial charge in [-0.1, -0.05) is 36.2 Å². The van der Waals surface area contributed by atoms with Crippen LogP contribution in [0.1, 0.15) is 40.8 Å². The average Bonchev–Trinajstić information content (AvgIpc) is 3.14. The van der Waals surface area contributed by atoms with Gasteiger partial charge in [-0.3, -0.25) is 0 Å². The summed E-state index contributed by atoms with van der Waals surface area (Å²) in [4.78, 5) is 5.79. The Bertz CT molecular complexity index is 912. The zero-order valence-electron chi connectivity index (χ0n) is 13.6. The van der Waals surface area contributed by atoms with Gasteiger partial charge in [-0.05, 0) is 38.2 Å². The summed E-state index contributed by atoms with van der Waals surface area (Å²) in [6.45, 7) is 2.07. The van der Waals surface area contributed by atoms with Crippen LogP contribution in [0.15, 0.2) is 30.6 Å². The Balaban J connectivity index is 1.85. The Morgan fingerprint density at radius 2 is 1.92 bits per heavy atom. The Morgan fingerprint density at radius 3 is 2.71 bits per heavy atom. The van der Waals surface area contributed by atoms with Crippen LogP contribution in [0.5, 0.6) is 0 Å². The quantitative estimate of drug-likeness (QED) is 0.651. The SMILES string of the molecule is Cc1ccc(-c2ncnn2-c2sc3c(c2C#N)CCCCC3)cc1. The zero-order chi connectivity index (χ0) is 16.5. The maximum absolute atomic E-state index is 9.75. The second-order valence-electron chi connectivity index (χ2n) is 6.22. The van der Waals surface area contributed by atoms with Gasteiger partial charge in [0.2, 0.25) is 0 Å². The smallest absolute Gasteiger partial charge is 0.164 e. The van der Waals surface area contributed by atoms with E-state index in [0.29, 0.717) is 0 Å².